The first-order valence-electron chi connectivity index (χ1n) is 7.36. The molecular weight excluding hydrogens is 302 g/mol. The second kappa shape index (κ2) is 5.35. The van der Waals surface area contributed by atoms with Crippen LogP contribution in [0.1, 0.15) is 31.2 Å². The Morgan fingerprint density at radius 2 is 1.68 bits per heavy atom. The van der Waals surface area contributed by atoms with Crippen LogP contribution in [-0.4, -0.2) is 28.4 Å². The van der Waals surface area contributed by atoms with Gasteiger partial charge in [-0.3, -0.25) is 4.57 Å². The van der Waals surface area contributed by atoms with Crippen molar-refractivity contribution in [2.75, 3.05) is 0 Å². The van der Waals surface area contributed by atoms with Crippen LogP contribution in [0.15, 0.2) is 35.2 Å². The van der Waals surface area contributed by atoms with Gasteiger partial charge in [0.2, 0.25) is 5.88 Å². The van der Waals surface area contributed by atoms with Gasteiger partial charge in [-0.05, 0) is 31.9 Å². The van der Waals surface area contributed by atoms with Crippen LogP contribution < -0.4 is 0 Å². The van der Waals surface area contributed by atoms with Gasteiger partial charge in [0.15, 0.2) is 15.7 Å². The highest BCUT2D eigenvalue weighted by Gasteiger charge is 2.35. The molecule has 1 aliphatic rings. The number of aromatic nitrogens is 1. The van der Waals surface area contributed by atoms with E-state index in [0.29, 0.717) is 18.5 Å². The summed E-state index contributed by atoms with van der Waals surface area (Å²) in [6, 6.07) is 8.25. The zero-order valence-electron chi connectivity index (χ0n) is 12.4. The van der Waals surface area contributed by atoms with E-state index < -0.39 is 21.0 Å². The van der Waals surface area contributed by atoms with Crippen LogP contribution in [0.4, 0.5) is 0 Å². The first-order chi connectivity index (χ1) is 10.4. The Morgan fingerprint density at radius 3 is 2.27 bits per heavy atom. The lowest BCUT2D eigenvalue weighted by Crippen LogP contribution is -2.17. The van der Waals surface area contributed by atoms with Crippen LogP contribution in [0, 0.1) is 6.92 Å². The Labute approximate surface area is 129 Å². The van der Waals surface area contributed by atoms with Crippen molar-refractivity contribution in [3.8, 4) is 17.4 Å². The molecule has 1 fully saturated rings. The third-order valence-corrected chi connectivity index (χ3v) is 6.52. The normalized spacial score (nSPS) is 16.2. The minimum absolute atomic E-state index is 0.183. The van der Waals surface area contributed by atoms with Gasteiger partial charge >= 0.3 is 0 Å². The lowest BCUT2D eigenvalue weighted by atomic mass is 10.2. The lowest BCUT2D eigenvalue weighted by Gasteiger charge is -2.11. The van der Waals surface area contributed by atoms with E-state index in [9.17, 15) is 18.6 Å². The van der Waals surface area contributed by atoms with Gasteiger partial charge in [-0.15, -0.1) is 0 Å². The van der Waals surface area contributed by atoms with E-state index in [1.165, 1.54) is 0 Å². The second-order valence-corrected chi connectivity index (χ2v) is 8.01. The number of sulfone groups is 1. The minimum Gasteiger partial charge on any atom is -0.494 e. The molecule has 2 N–H and O–H groups in total. The lowest BCUT2D eigenvalue weighted by molar-refractivity contribution is 0.397. The molecule has 118 valence electrons. The summed E-state index contributed by atoms with van der Waals surface area (Å²) in [5.41, 5.74) is 1.56. The molecule has 0 saturated heterocycles. The summed E-state index contributed by atoms with van der Waals surface area (Å²) in [4.78, 5) is -0.183. The molecule has 5 nitrogen and oxygen atoms in total. The Hall–Kier alpha value is -1.95. The van der Waals surface area contributed by atoms with E-state index in [2.05, 4.69) is 0 Å². The van der Waals surface area contributed by atoms with Gasteiger partial charge < -0.3 is 10.2 Å². The number of rotatable bonds is 3. The number of aromatic hydroxyl groups is 2. The molecule has 0 aliphatic heterocycles. The smallest absolute Gasteiger partial charge is 0.217 e. The summed E-state index contributed by atoms with van der Waals surface area (Å²) in [5.74, 6) is -0.703. The highest BCUT2D eigenvalue weighted by Crippen LogP contribution is 2.39. The van der Waals surface area contributed by atoms with Crippen molar-refractivity contribution >= 4 is 9.84 Å². The molecule has 0 atom stereocenters. The summed E-state index contributed by atoms with van der Waals surface area (Å²) in [6.07, 6.45) is 2.99. The number of aryl methyl sites for hydroxylation is 1. The molecule has 0 amide bonds. The molecule has 1 aromatic heterocycles. The summed E-state index contributed by atoms with van der Waals surface area (Å²) in [5, 5.41) is 20.0. The maximum atomic E-state index is 12.6. The Balaban J connectivity index is 2.09. The molecule has 0 unspecified atom stereocenters. The fourth-order valence-corrected chi connectivity index (χ4v) is 4.93. The number of hydrogen-bond donors (Lipinski definition) is 2. The van der Waals surface area contributed by atoms with E-state index in [0.717, 1.165) is 29.0 Å². The molecule has 22 heavy (non-hydrogen) atoms. The standard InChI is InChI=1S/C16H19NO4S/c1-11-6-8-12(9-7-11)17-15(18)10-14(16(17)19)22(20,21)13-4-2-3-5-13/h6-10,13,18-19H,2-5H2,1H3. The van der Waals surface area contributed by atoms with Crippen molar-refractivity contribution in [3.05, 3.63) is 35.9 Å². The van der Waals surface area contributed by atoms with Crippen molar-refractivity contribution in [2.24, 2.45) is 0 Å². The highest BCUT2D eigenvalue weighted by molar-refractivity contribution is 7.92. The topological polar surface area (TPSA) is 79.5 Å². The minimum atomic E-state index is -3.62. The quantitative estimate of drug-likeness (QED) is 0.911. The predicted octanol–water partition coefficient (Wildman–Crippen LogP) is 2.91. The van der Waals surface area contributed by atoms with E-state index in [1.54, 1.807) is 12.1 Å². The molecule has 2 aromatic rings. The van der Waals surface area contributed by atoms with Crippen molar-refractivity contribution in [1.82, 2.24) is 4.57 Å². The molecule has 1 saturated carbocycles. The Morgan fingerprint density at radius 1 is 1.09 bits per heavy atom. The van der Waals surface area contributed by atoms with Crippen LogP contribution >= 0.6 is 0 Å². The van der Waals surface area contributed by atoms with Crippen molar-refractivity contribution < 1.29 is 18.6 Å². The van der Waals surface area contributed by atoms with E-state index in [-0.39, 0.29) is 10.8 Å². The third kappa shape index (κ3) is 2.37. The van der Waals surface area contributed by atoms with Gasteiger partial charge in [-0.25, -0.2) is 8.42 Å². The van der Waals surface area contributed by atoms with E-state index >= 15 is 0 Å². The Bertz CT molecular complexity index is 784. The van der Waals surface area contributed by atoms with Crippen LogP contribution in [0.3, 0.4) is 0 Å². The van der Waals surface area contributed by atoms with Gasteiger partial charge in [-0.2, -0.15) is 0 Å². The van der Waals surface area contributed by atoms with Crippen molar-refractivity contribution in [2.45, 2.75) is 42.8 Å². The third-order valence-electron chi connectivity index (χ3n) is 4.26. The highest BCUT2D eigenvalue weighted by atomic mass is 32.2. The van der Waals surface area contributed by atoms with Gasteiger partial charge in [0.25, 0.3) is 0 Å². The molecule has 3 rings (SSSR count). The molecular formula is C16H19NO4S. The van der Waals surface area contributed by atoms with Crippen molar-refractivity contribution in [1.29, 1.82) is 0 Å². The fourth-order valence-electron chi connectivity index (χ4n) is 3.00. The first kappa shape index (κ1) is 15.0. The van der Waals surface area contributed by atoms with Crippen molar-refractivity contribution in [3.63, 3.8) is 0 Å². The second-order valence-electron chi connectivity index (χ2n) is 5.81. The van der Waals surface area contributed by atoms with E-state index in [1.807, 2.05) is 19.1 Å². The monoisotopic (exact) mass is 321 g/mol. The molecule has 0 spiro atoms. The zero-order valence-corrected chi connectivity index (χ0v) is 13.2. The number of benzene rings is 1. The van der Waals surface area contributed by atoms with E-state index in [4.69, 9.17) is 0 Å². The van der Waals surface area contributed by atoms with Gasteiger partial charge in [0, 0.05) is 6.07 Å². The van der Waals surface area contributed by atoms with Crippen LogP contribution in [0.25, 0.3) is 5.69 Å². The van der Waals surface area contributed by atoms with Gasteiger partial charge in [0.1, 0.15) is 4.90 Å². The average Bonchev–Trinajstić information content (AvgIpc) is 3.10. The number of hydrogen-bond acceptors (Lipinski definition) is 4. The first-order valence-corrected chi connectivity index (χ1v) is 8.90. The molecule has 1 aromatic carbocycles. The Kier molecular flexibility index (Phi) is 3.64. The molecule has 1 aliphatic carbocycles. The molecule has 0 bridgehead atoms. The SMILES string of the molecule is Cc1ccc(-n2c(O)cc(S(=O)(=O)C3CCCC3)c2O)cc1. The maximum absolute atomic E-state index is 12.6. The molecule has 1 heterocycles. The molecule has 0 radical (unpaired) electrons. The maximum Gasteiger partial charge on any atom is 0.217 e. The molecule has 6 heteroatoms. The van der Waals surface area contributed by atoms with Crippen LogP contribution in [-0.2, 0) is 9.84 Å². The summed E-state index contributed by atoms with van der Waals surface area (Å²) < 4.78 is 26.4. The van der Waals surface area contributed by atoms with Gasteiger partial charge in [0.05, 0.1) is 10.9 Å². The zero-order chi connectivity index (χ0) is 15.9. The van der Waals surface area contributed by atoms with Crippen LogP contribution in [0.2, 0.25) is 0 Å². The number of nitrogens with zero attached hydrogens (tertiary/aromatic N) is 1. The largest absolute Gasteiger partial charge is 0.494 e. The predicted molar refractivity (Wildman–Crippen MR) is 83.3 cm³/mol. The summed E-state index contributed by atoms with van der Waals surface area (Å²) in [6.45, 7) is 1.93. The van der Waals surface area contributed by atoms with Crippen LogP contribution in [0.5, 0.6) is 11.8 Å². The average molecular weight is 321 g/mol. The summed E-state index contributed by atoms with van der Waals surface area (Å²) >= 11 is 0. The summed E-state index contributed by atoms with van der Waals surface area (Å²) in [7, 11) is -3.62. The van der Waals surface area contributed by atoms with Gasteiger partial charge in [-0.1, -0.05) is 30.5 Å². The fraction of sp³-hybridized carbons (Fsp3) is 0.375.